The standard InChI is InChI=1S/C13H21N3O2/c1-9(2)7-11(8-14)15-13-10(3)5-4-6-12(13)16(17)18/h4-6,9,11,15H,7-8,14H2,1-3H3. The second kappa shape index (κ2) is 6.35. The largest absolute Gasteiger partial charge is 0.375 e. The third-order valence-corrected chi connectivity index (χ3v) is 2.84. The van der Waals surface area contributed by atoms with Gasteiger partial charge in [-0.3, -0.25) is 10.1 Å². The molecule has 0 fully saturated rings. The number of nitro benzene ring substituents is 1. The summed E-state index contributed by atoms with van der Waals surface area (Å²) in [5, 5.41) is 14.2. The van der Waals surface area contributed by atoms with Crippen molar-refractivity contribution >= 4 is 11.4 Å². The van der Waals surface area contributed by atoms with Crippen molar-refractivity contribution in [2.75, 3.05) is 11.9 Å². The Bertz CT molecular complexity index is 419. The van der Waals surface area contributed by atoms with Crippen LogP contribution in [-0.4, -0.2) is 17.5 Å². The maximum atomic E-state index is 11.0. The molecule has 0 aliphatic heterocycles. The van der Waals surface area contributed by atoms with Crippen LogP contribution in [0.2, 0.25) is 0 Å². The summed E-state index contributed by atoms with van der Waals surface area (Å²) in [4.78, 5) is 10.6. The van der Waals surface area contributed by atoms with Crippen LogP contribution in [0.3, 0.4) is 0 Å². The molecule has 0 radical (unpaired) electrons. The molecule has 1 aromatic carbocycles. The minimum atomic E-state index is -0.363. The van der Waals surface area contributed by atoms with Gasteiger partial charge < -0.3 is 11.1 Å². The lowest BCUT2D eigenvalue weighted by Crippen LogP contribution is -2.30. The molecular formula is C13H21N3O2. The van der Waals surface area contributed by atoms with Crippen molar-refractivity contribution in [3.05, 3.63) is 33.9 Å². The minimum absolute atomic E-state index is 0.0600. The molecule has 0 aromatic heterocycles. The number of anilines is 1. The van der Waals surface area contributed by atoms with E-state index in [2.05, 4.69) is 19.2 Å². The topological polar surface area (TPSA) is 81.2 Å². The second-order valence-corrected chi connectivity index (χ2v) is 4.93. The van der Waals surface area contributed by atoms with E-state index in [1.165, 1.54) is 6.07 Å². The molecule has 0 saturated heterocycles. The van der Waals surface area contributed by atoms with Crippen LogP contribution in [0.1, 0.15) is 25.8 Å². The van der Waals surface area contributed by atoms with E-state index in [-0.39, 0.29) is 16.7 Å². The second-order valence-electron chi connectivity index (χ2n) is 4.93. The van der Waals surface area contributed by atoms with E-state index in [0.717, 1.165) is 12.0 Å². The van der Waals surface area contributed by atoms with Gasteiger partial charge in [0, 0.05) is 18.7 Å². The Hall–Kier alpha value is -1.62. The zero-order chi connectivity index (χ0) is 13.7. The van der Waals surface area contributed by atoms with Gasteiger partial charge in [0.05, 0.1) is 4.92 Å². The lowest BCUT2D eigenvalue weighted by Gasteiger charge is -2.21. The van der Waals surface area contributed by atoms with Crippen LogP contribution in [0.4, 0.5) is 11.4 Å². The van der Waals surface area contributed by atoms with Crippen molar-refractivity contribution in [2.24, 2.45) is 11.7 Å². The molecular weight excluding hydrogens is 230 g/mol. The summed E-state index contributed by atoms with van der Waals surface area (Å²) in [6.45, 7) is 6.54. The third-order valence-electron chi connectivity index (χ3n) is 2.84. The van der Waals surface area contributed by atoms with E-state index in [1.807, 2.05) is 13.0 Å². The lowest BCUT2D eigenvalue weighted by atomic mass is 10.0. The highest BCUT2D eigenvalue weighted by Crippen LogP contribution is 2.28. The number of hydrogen-bond acceptors (Lipinski definition) is 4. The normalized spacial score (nSPS) is 12.5. The molecule has 0 bridgehead atoms. The van der Waals surface area contributed by atoms with Crippen molar-refractivity contribution in [2.45, 2.75) is 33.2 Å². The molecule has 1 aromatic rings. The Morgan fingerprint density at radius 2 is 2.11 bits per heavy atom. The van der Waals surface area contributed by atoms with Gasteiger partial charge in [0.25, 0.3) is 5.69 Å². The highest BCUT2D eigenvalue weighted by atomic mass is 16.6. The van der Waals surface area contributed by atoms with Crippen LogP contribution >= 0.6 is 0 Å². The van der Waals surface area contributed by atoms with Crippen molar-refractivity contribution in [3.63, 3.8) is 0 Å². The van der Waals surface area contributed by atoms with Crippen LogP contribution < -0.4 is 11.1 Å². The van der Waals surface area contributed by atoms with Gasteiger partial charge in [-0.1, -0.05) is 26.0 Å². The fourth-order valence-electron chi connectivity index (χ4n) is 1.98. The molecule has 0 spiro atoms. The van der Waals surface area contributed by atoms with E-state index in [9.17, 15) is 10.1 Å². The Kier molecular flexibility index (Phi) is 5.09. The van der Waals surface area contributed by atoms with Crippen LogP contribution in [0.15, 0.2) is 18.2 Å². The number of nitrogens with two attached hydrogens (primary N) is 1. The fraction of sp³-hybridized carbons (Fsp3) is 0.538. The van der Waals surface area contributed by atoms with Gasteiger partial charge in [0.2, 0.25) is 0 Å². The van der Waals surface area contributed by atoms with Gasteiger partial charge in [0.1, 0.15) is 5.69 Å². The van der Waals surface area contributed by atoms with Gasteiger partial charge >= 0.3 is 0 Å². The van der Waals surface area contributed by atoms with Gasteiger partial charge in [0.15, 0.2) is 0 Å². The molecule has 0 heterocycles. The molecule has 0 amide bonds. The Labute approximate surface area is 108 Å². The number of para-hydroxylation sites is 1. The average Bonchev–Trinajstić information content (AvgIpc) is 2.29. The van der Waals surface area contributed by atoms with Crippen molar-refractivity contribution in [1.29, 1.82) is 0 Å². The molecule has 100 valence electrons. The monoisotopic (exact) mass is 251 g/mol. The first kappa shape index (κ1) is 14.4. The maximum Gasteiger partial charge on any atom is 0.292 e. The maximum absolute atomic E-state index is 11.0. The smallest absolute Gasteiger partial charge is 0.292 e. The van der Waals surface area contributed by atoms with Crippen LogP contribution in [0, 0.1) is 23.0 Å². The molecule has 0 aliphatic carbocycles. The van der Waals surface area contributed by atoms with Gasteiger partial charge in [-0.05, 0) is 24.8 Å². The summed E-state index contributed by atoms with van der Waals surface area (Å²) >= 11 is 0. The van der Waals surface area contributed by atoms with Crippen molar-refractivity contribution < 1.29 is 4.92 Å². The fourth-order valence-corrected chi connectivity index (χ4v) is 1.98. The zero-order valence-electron chi connectivity index (χ0n) is 11.1. The summed E-state index contributed by atoms with van der Waals surface area (Å²) < 4.78 is 0. The van der Waals surface area contributed by atoms with E-state index >= 15 is 0 Å². The van der Waals surface area contributed by atoms with Crippen LogP contribution in [0.25, 0.3) is 0 Å². The summed E-state index contributed by atoms with van der Waals surface area (Å²) in [7, 11) is 0. The van der Waals surface area contributed by atoms with Gasteiger partial charge in [-0.2, -0.15) is 0 Å². The number of benzene rings is 1. The van der Waals surface area contributed by atoms with Gasteiger partial charge in [-0.15, -0.1) is 0 Å². The number of nitrogens with zero attached hydrogens (tertiary/aromatic N) is 1. The first-order chi connectivity index (χ1) is 8.45. The summed E-state index contributed by atoms with van der Waals surface area (Å²) in [5.74, 6) is 0.495. The Morgan fingerprint density at radius 3 is 2.61 bits per heavy atom. The minimum Gasteiger partial charge on any atom is -0.375 e. The van der Waals surface area contributed by atoms with E-state index in [1.54, 1.807) is 6.07 Å². The number of nitro groups is 1. The van der Waals surface area contributed by atoms with E-state index in [0.29, 0.717) is 18.2 Å². The highest BCUT2D eigenvalue weighted by Gasteiger charge is 2.18. The van der Waals surface area contributed by atoms with Crippen molar-refractivity contribution in [1.82, 2.24) is 0 Å². The number of hydrogen-bond donors (Lipinski definition) is 2. The molecule has 0 aliphatic rings. The first-order valence-corrected chi connectivity index (χ1v) is 6.16. The lowest BCUT2D eigenvalue weighted by molar-refractivity contribution is -0.384. The first-order valence-electron chi connectivity index (χ1n) is 6.16. The van der Waals surface area contributed by atoms with Crippen molar-refractivity contribution in [3.8, 4) is 0 Å². The molecule has 1 atom stereocenters. The quantitative estimate of drug-likeness (QED) is 0.601. The molecule has 1 unspecified atom stereocenters. The van der Waals surface area contributed by atoms with Crippen LogP contribution in [0.5, 0.6) is 0 Å². The zero-order valence-corrected chi connectivity index (χ0v) is 11.1. The van der Waals surface area contributed by atoms with Gasteiger partial charge in [-0.25, -0.2) is 0 Å². The summed E-state index contributed by atoms with van der Waals surface area (Å²) in [5.41, 5.74) is 7.27. The summed E-state index contributed by atoms with van der Waals surface area (Å²) in [6, 6.07) is 5.12. The predicted octanol–water partition coefficient (Wildman–Crippen LogP) is 2.69. The molecule has 5 nitrogen and oxygen atoms in total. The summed E-state index contributed by atoms with van der Waals surface area (Å²) in [6.07, 6.45) is 0.891. The molecule has 18 heavy (non-hydrogen) atoms. The number of aryl methyl sites for hydroxylation is 1. The van der Waals surface area contributed by atoms with E-state index in [4.69, 9.17) is 5.73 Å². The Balaban J connectivity index is 2.97. The molecule has 0 saturated carbocycles. The van der Waals surface area contributed by atoms with Crippen LogP contribution in [-0.2, 0) is 0 Å². The SMILES string of the molecule is Cc1cccc([N+](=O)[O-])c1NC(CN)CC(C)C. The molecule has 3 N–H and O–H groups in total. The number of rotatable bonds is 6. The highest BCUT2D eigenvalue weighted by molar-refractivity contribution is 5.66. The Morgan fingerprint density at radius 1 is 1.44 bits per heavy atom. The third kappa shape index (κ3) is 3.70. The predicted molar refractivity (Wildman–Crippen MR) is 73.8 cm³/mol. The number of nitrogens with one attached hydrogen (secondary N) is 1. The molecule has 5 heteroatoms. The average molecular weight is 251 g/mol. The molecule has 1 rings (SSSR count). The van der Waals surface area contributed by atoms with E-state index < -0.39 is 0 Å².